The summed E-state index contributed by atoms with van der Waals surface area (Å²) in [4.78, 5) is 0. The monoisotopic (exact) mass is 379 g/mol. The van der Waals surface area contributed by atoms with Gasteiger partial charge in [-0.3, -0.25) is 4.48 Å². The second-order valence-electron chi connectivity index (χ2n) is 8.24. The molecule has 1 heterocycles. The molecule has 2 N–H and O–H groups in total. The number of allylic oxidation sites excluding steroid dienone is 2. The first-order valence-corrected chi connectivity index (χ1v) is 11.8. The number of quaternary nitrogens is 1. The third-order valence-electron chi connectivity index (χ3n) is 6.13. The van der Waals surface area contributed by atoms with Gasteiger partial charge in [-0.2, -0.15) is 0 Å². The highest BCUT2D eigenvalue weighted by Crippen LogP contribution is 2.22. The van der Waals surface area contributed by atoms with E-state index >= 15 is 0 Å². The number of aliphatic hydroxyl groups excluding tert-OH is 1. The van der Waals surface area contributed by atoms with Gasteiger partial charge in [0.2, 0.25) is 0 Å². The molecule has 0 aromatic rings. The molecule has 27 heavy (non-hydrogen) atoms. The van der Waals surface area contributed by atoms with Gasteiger partial charge in [0.15, 0.2) is 6.17 Å². The van der Waals surface area contributed by atoms with Crippen LogP contribution in [0.4, 0.5) is 0 Å². The van der Waals surface area contributed by atoms with E-state index in [1.165, 1.54) is 89.9 Å². The fraction of sp³-hybridized carbons (Fsp3) is 0.833. The Kier molecular flexibility index (Phi) is 14.5. The average Bonchev–Trinajstić information content (AvgIpc) is 3.08. The highest BCUT2D eigenvalue weighted by Gasteiger charge is 2.35. The van der Waals surface area contributed by atoms with Crippen molar-refractivity contribution >= 4 is 0 Å². The lowest BCUT2D eigenvalue weighted by Gasteiger charge is -2.36. The molecule has 3 nitrogen and oxygen atoms in total. The topological polar surface area (TPSA) is 32.3 Å². The van der Waals surface area contributed by atoms with Crippen LogP contribution in [0.5, 0.6) is 0 Å². The Hall–Kier alpha value is -0.800. The van der Waals surface area contributed by atoms with Gasteiger partial charge in [-0.15, -0.1) is 0 Å². The van der Waals surface area contributed by atoms with E-state index in [4.69, 9.17) is 0 Å². The molecule has 2 atom stereocenters. The predicted octanol–water partition coefficient (Wildman–Crippen LogP) is 6.25. The van der Waals surface area contributed by atoms with Gasteiger partial charge in [-0.25, -0.2) is 0 Å². The van der Waals surface area contributed by atoms with Crippen molar-refractivity contribution in [2.75, 3.05) is 19.7 Å². The maximum Gasteiger partial charge on any atom is 0.166 e. The number of likely N-dealkylation sites (N-methyl/N-ethyl adjacent to an activating group) is 1. The van der Waals surface area contributed by atoms with Crippen molar-refractivity contribution in [2.24, 2.45) is 0 Å². The molecule has 0 saturated carbocycles. The molecule has 0 amide bonds. The first-order valence-electron chi connectivity index (χ1n) is 11.8. The molecule has 1 aliphatic rings. The van der Waals surface area contributed by atoms with E-state index in [9.17, 15) is 5.11 Å². The van der Waals surface area contributed by atoms with E-state index in [0.29, 0.717) is 6.17 Å². The minimum absolute atomic E-state index is 0.267. The van der Waals surface area contributed by atoms with Crippen molar-refractivity contribution in [2.45, 2.75) is 110 Å². The number of unbranched alkanes of at least 4 members (excludes halogenated alkanes) is 11. The van der Waals surface area contributed by atoms with Crippen molar-refractivity contribution in [3.8, 4) is 0 Å². The maximum absolute atomic E-state index is 9.36. The van der Waals surface area contributed by atoms with Crippen LogP contribution in [0.1, 0.15) is 104 Å². The van der Waals surface area contributed by atoms with Gasteiger partial charge in [0.1, 0.15) is 12.7 Å². The first-order chi connectivity index (χ1) is 13.3. The number of nitrogens with zero attached hydrogens (tertiary/aromatic N) is 1. The largest absolute Gasteiger partial charge is 0.390 e. The Bertz CT molecular complexity index is 394. The van der Waals surface area contributed by atoms with E-state index in [1.54, 1.807) is 0 Å². The number of nitrogens with one attached hydrogen (secondary N) is 1. The Morgan fingerprint density at radius 3 is 2.04 bits per heavy atom. The quantitative estimate of drug-likeness (QED) is 0.167. The summed E-state index contributed by atoms with van der Waals surface area (Å²) in [5.74, 6) is 0. The Balaban J connectivity index is 1.92. The molecule has 3 heteroatoms. The summed E-state index contributed by atoms with van der Waals surface area (Å²) in [5.41, 5.74) is 0. The molecule has 158 valence electrons. The summed E-state index contributed by atoms with van der Waals surface area (Å²) in [6.07, 6.45) is 28.4. The molecule has 1 aliphatic heterocycles. The van der Waals surface area contributed by atoms with Crippen molar-refractivity contribution in [3.63, 3.8) is 0 Å². The molecule has 0 aromatic heterocycles. The third kappa shape index (κ3) is 10.4. The van der Waals surface area contributed by atoms with Crippen LogP contribution in [-0.4, -0.2) is 35.5 Å². The summed E-state index contributed by atoms with van der Waals surface area (Å²) in [6, 6.07) is 0. The van der Waals surface area contributed by atoms with Gasteiger partial charge in [0, 0.05) is 6.42 Å². The van der Waals surface area contributed by atoms with Crippen LogP contribution in [0.2, 0.25) is 0 Å². The third-order valence-corrected chi connectivity index (χ3v) is 6.13. The normalized spacial score (nSPS) is 22.0. The second-order valence-corrected chi connectivity index (χ2v) is 8.24. The standard InChI is InChI=1S/C24H47N2O/c1-3-5-6-7-8-9-10-11-12-13-14-15-16-17-18-19-24-25-20-21-26(24,4-2)22-23-27/h11-12,20-21,24-25,27H,3-10,13-19,22-23H2,1-2H3/q+1/b12-11+. The van der Waals surface area contributed by atoms with E-state index in [1.807, 2.05) is 0 Å². The number of hydrogen-bond acceptors (Lipinski definition) is 2. The van der Waals surface area contributed by atoms with E-state index in [0.717, 1.165) is 17.6 Å². The van der Waals surface area contributed by atoms with Crippen molar-refractivity contribution < 1.29 is 9.59 Å². The average molecular weight is 380 g/mol. The molecule has 0 bridgehead atoms. The lowest BCUT2D eigenvalue weighted by Crippen LogP contribution is -2.54. The molecule has 0 saturated heterocycles. The molecule has 0 radical (unpaired) electrons. The molecule has 0 aromatic carbocycles. The second kappa shape index (κ2) is 16.2. The van der Waals surface area contributed by atoms with E-state index in [-0.39, 0.29) is 6.61 Å². The predicted molar refractivity (Wildman–Crippen MR) is 118 cm³/mol. The number of rotatable bonds is 18. The molecule has 0 fully saturated rings. The smallest absolute Gasteiger partial charge is 0.166 e. The zero-order valence-corrected chi connectivity index (χ0v) is 18.3. The van der Waals surface area contributed by atoms with Gasteiger partial charge in [-0.05, 0) is 39.0 Å². The van der Waals surface area contributed by atoms with Crippen LogP contribution in [0.3, 0.4) is 0 Å². The molecule has 0 aliphatic carbocycles. The van der Waals surface area contributed by atoms with Crippen LogP contribution in [0.15, 0.2) is 24.6 Å². The van der Waals surface area contributed by atoms with Crippen LogP contribution in [-0.2, 0) is 0 Å². The summed E-state index contributed by atoms with van der Waals surface area (Å²) in [6.45, 7) is 6.65. The summed E-state index contributed by atoms with van der Waals surface area (Å²) >= 11 is 0. The molecule has 1 rings (SSSR count). The Labute approximate surface area is 169 Å². The fourth-order valence-electron chi connectivity index (χ4n) is 4.20. The molecular weight excluding hydrogens is 332 g/mol. The Morgan fingerprint density at radius 2 is 1.44 bits per heavy atom. The lowest BCUT2D eigenvalue weighted by molar-refractivity contribution is -0.900. The maximum atomic E-state index is 9.36. The van der Waals surface area contributed by atoms with Crippen molar-refractivity contribution in [1.29, 1.82) is 0 Å². The van der Waals surface area contributed by atoms with Crippen LogP contribution < -0.4 is 5.32 Å². The van der Waals surface area contributed by atoms with Gasteiger partial charge in [0.05, 0.1) is 19.4 Å². The van der Waals surface area contributed by atoms with Gasteiger partial charge < -0.3 is 10.4 Å². The Morgan fingerprint density at radius 1 is 0.852 bits per heavy atom. The van der Waals surface area contributed by atoms with Gasteiger partial charge in [-0.1, -0.05) is 70.4 Å². The summed E-state index contributed by atoms with van der Waals surface area (Å²) < 4.78 is 0.903. The SMILES string of the molecule is CCCCCCCC/C=C/CCCCCCCC1NC=C[N+]1(CC)CCO. The zero-order chi connectivity index (χ0) is 19.6. The van der Waals surface area contributed by atoms with E-state index in [2.05, 4.69) is 43.7 Å². The zero-order valence-electron chi connectivity index (χ0n) is 18.3. The minimum atomic E-state index is 0.267. The molecular formula is C24H47N2O+. The highest BCUT2D eigenvalue weighted by molar-refractivity contribution is 4.84. The minimum Gasteiger partial charge on any atom is -0.390 e. The summed E-state index contributed by atoms with van der Waals surface area (Å²) in [7, 11) is 0. The molecule has 0 spiro atoms. The van der Waals surface area contributed by atoms with Crippen LogP contribution in [0.25, 0.3) is 0 Å². The lowest BCUT2D eigenvalue weighted by atomic mass is 10.1. The fourth-order valence-corrected chi connectivity index (χ4v) is 4.20. The highest BCUT2D eigenvalue weighted by atomic mass is 16.3. The van der Waals surface area contributed by atoms with Crippen molar-refractivity contribution in [3.05, 3.63) is 24.6 Å². The number of hydrogen-bond donors (Lipinski definition) is 2. The van der Waals surface area contributed by atoms with Crippen molar-refractivity contribution in [1.82, 2.24) is 5.32 Å². The van der Waals surface area contributed by atoms with Crippen LogP contribution in [0, 0.1) is 0 Å². The number of aliphatic hydroxyl groups is 1. The van der Waals surface area contributed by atoms with Gasteiger partial charge in [0.25, 0.3) is 0 Å². The van der Waals surface area contributed by atoms with Crippen LogP contribution >= 0.6 is 0 Å². The molecule has 2 unspecified atom stereocenters. The first kappa shape index (κ1) is 24.2. The van der Waals surface area contributed by atoms with Gasteiger partial charge >= 0.3 is 0 Å². The summed E-state index contributed by atoms with van der Waals surface area (Å²) in [5, 5.41) is 12.9. The van der Waals surface area contributed by atoms with E-state index < -0.39 is 0 Å².